The van der Waals surface area contributed by atoms with Crippen molar-refractivity contribution in [2.45, 2.75) is 92.2 Å². The monoisotopic (exact) mass is 693 g/mol. The zero-order valence-electron chi connectivity index (χ0n) is 32.6. The molecule has 10 rings (SSSR count). The van der Waals surface area contributed by atoms with Crippen LogP contribution in [0.15, 0.2) is 126 Å². The molecule has 1 saturated carbocycles. The Kier molecular flexibility index (Phi) is 7.24. The van der Waals surface area contributed by atoms with Crippen molar-refractivity contribution in [3.63, 3.8) is 0 Å². The van der Waals surface area contributed by atoms with Crippen LogP contribution in [0.3, 0.4) is 0 Å². The number of benzene rings is 4. The van der Waals surface area contributed by atoms with Crippen LogP contribution in [-0.2, 0) is 0 Å². The van der Waals surface area contributed by atoms with Gasteiger partial charge in [-0.25, -0.2) is 0 Å². The zero-order valence-corrected chi connectivity index (χ0v) is 32.6. The predicted molar refractivity (Wildman–Crippen MR) is 227 cm³/mol. The molecule has 0 amide bonds. The third kappa shape index (κ3) is 4.54. The Hall–Kier alpha value is -4.70. The van der Waals surface area contributed by atoms with Crippen LogP contribution in [0.4, 0.5) is 34.1 Å². The Morgan fingerprint density at radius 1 is 0.774 bits per heavy atom. The number of rotatable bonds is 4. The summed E-state index contributed by atoms with van der Waals surface area (Å²) in [6.07, 6.45) is 18.2. The van der Waals surface area contributed by atoms with Gasteiger partial charge in [0.2, 0.25) is 0 Å². The summed E-state index contributed by atoms with van der Waals surface area (Å²) in [5.41, 5.74) is 19.6. The number of allylic oxidation sites excluding steroid dienone is 6. The lowest BCUT2D eigenvalue weighted by atomic mass is 9.32. The van der Waals surface area contributed by atoms with Gasteiger partial charge in [-0.15, -0.1) is 0 Å². The summed E-state index contributed by atoms with van der Waals surface area (Å²) in [5, 5.41) is 0. The third-order valence-electron chi connectivity index (χ3n) is 14.5. The molecule has 0 N–H and O–H groups in total. The molecule has 4 heteroatoms. The van der Waals surface area contributed by atoms with Gasteiger partial charge in [-0.05, 0) is 124 Å². The van der Waals surface area contributed by atoms with E-state index in [-0.39, 0.29) is 23.7 Å². The number of hydrogen-bond donors (Lipinski definition) is 0. The van der Waals surface area contributed by atoms with Gasteiger partial charge in [-0.1, -0.05) is 116 Å². The average Bonchev–Trinajstić information content (AvgIpc) is 3.35. The number of aryl methyl sites for hydroxylation is 3. The van der Waals surface area contributed by atoms with Crippen molar-refractivity contribution in [3.05, 3.63) is 143 Å². The molecule has 3 aliphatic heterocycles. The van der Waals surface area contributed by atoms with Crippen LogP contribution in [0.1, 0.15) is 76.5 Å². The van der Waals surface area contributed by atoms with Gasteiger partial charge in [0.1, 0.15) is 0 Å². The Labute approximate surface area is 317 Å². The first kappa shape index (κ1) is 32.9. The lowest BCUT2D eigenvalue weighted by Gasteiger charge is -2.53. The number of nitrogens with zero attached hydrogens (tertiary/aromatic N) is 3. The highest BCUT2D eigenvalue weighted by atomic mass is 15.3. The molecule has 0 aromatic heterocycles. The predicted octanol–water partition coefficient (Wildman–Crippen LogP) is 11.2. The summed E-state index contributed by atoms with van der Waals surface area (Å²) in [5.74, 6) is 0.878. The fourth-order valence-electron chi connectivity index (χ4n) is 11.6. The molecule has 5 unspecified atom stereocenters. The van der Waals surface area contributed by atoms with E-state index in [4.69, 9.17) is 0 Å². The fourth-order valence-corrected chi connectivity index (χ4v) is 11.6. The first-order chi connectivity index (χ1) is 25.6. The number of hydrogen-bond acceptors (Lipinski definition) is 3. The summed E-state index contributed by atoms with van der Waals surface area (Å²) >= 11 is 0. The number of anilines is 6. The highest BCUT2D eigenvalue weighted by Crippen LogP contribution is 2.66. The molecule has 4 aromatic rings. The van der Waals surface area contributed by atoms with Gasteiger partial charge >= 0.3 is 0 Å². The molecule has 2 fully saturated rings. The van der Waals surface area contributed by atoms with Crippen LogP contribution in [0.2, 0.25) is 0 Å². The zero-order chi connectivity index (χ0) is 36.4. The van der Waals surface area contributed by atoms with E-state index in [2.05, 4.69) is 172 Å². The molecule has 266 valence electrons. The summed E-state index contributed by atoms with van der Waals surface area (Å²) in [7, 11) is 0. The maximum Gasteiger partial charge on any atom is 0.251 e. The van der Waals surface area contributed by atoms with Crippen LogP contribution < -0.4 is 25.6 Å². The van der Waals surface area contributed by atoms with Gasteiger partial charge in [-0.2, -0.15) is 0 Å². The molecular weight excluding hydrogens is 641 g/mol. The van der Waals surface area contributed by atoms with Crippen LogP contribution in [-0.4, -0.2) is 18.3 Å². The topological polar surface area (TPSA) is 9.72 Å². The second-order valence-electron chi connectivity index (χ2n) is 17.7. The summed E-state index contributed by atoms with van der Waals surface area (Å²) in [4.78, 5) is 8.21. The lowest BCUT2D eigenvalue weighted by molar-refractivity contribution is 0.0836. The van der Waals surface area contributed by atoms with Gasteiger partial charge < -0.3 is 14.7 Å². The van der Waals surface area contributed by atoms with Crippen molar-refractivity contribution in [1.82, 2.24) is 0 Å². The quantitative estimate of drug-likeness (QED) is 0.197. The molecular formula is C49H52BN3. The van der Waals surface area contributed by atoms with E-state index in [0.29, 0.717) is 11.8 Å². The number of fused-ring (bicyclic) bond motifs is 7. The van der Waals surface area contributed by atoms with E-state index >= 15 is 0 Å². The molecule has 6 aliphatic rings. The van der Waals surface area contributed by atoms with Crippen molar-refractivity contribution in [3.8, 4) is 0 Å². The van der Waals surface area contributed by atoms with E-state index in [1.807, 2.05) is 0 Å². The smallest absolute Gasteiger partial charge is 0.251 e. The maximum atomic E-state index is 2.94. The minimum Gasteiger partial charge on any atom is -0.339 e. The fraction of sp³-hybridized carbons (Fsp3) is 0.347. The second kappa shape index (κ2) is 11.7. The van der Waals surface area contributed by atoms with Gasteiger partial charge in [0, 0.05) is 51.3 Å². The SMILES string of the molecule is CC1=CC2=C3C(C1)C1(C)CCCCC1(C)N3c1cc(N(c3ccccc3C)C3C=CC=CC3C)cc3c1B2c1cc(C)ccc1N3c1ccc(C)cc1. The first-order valence-electron chi connectivity index (χ1n) is 20.2. The van der Waals surface area contributed by atoms with Crippen LogP contribution in [0.25, 0.3) is 0 Å². The molecule has 0 radical (unpaired) electrons. The highest BCUT2D eigenvalue weighted by molar-refractivity contribution is 6.95. The molecule has 3 heterocycles. The molecule has 3 nitrogen and oxygen atoms in total. The van der Waals surface area contributed by atoms with Crippen LogP contribution >= 0.6 is 0 Å². The van der Waals surface area contributed by atoms with Crippen molar-refractivity contribution in [1.29, 1.82) is 0 Å². The largest absolute Gasteiger partial charge is 0.339 e. The molecule has 53 heavy (non-hydrogen) atoms. The maximum absolute atomic E-state index is 2.94. The van der Waals surface area contributed by atoms with Gasteiger partial charge in [0.15, 0.2) is 0 Å². The Morgan fingerprint density at radius 2 is 1.51 bits per heavy atom. The Bertz CT molecular complexity index is 2310. The van der Waals surface area contributed by atoms with Crippen molar-refractivity contribution >= 4 is 51.8 Å². The van der Waals surface area contributed by atoms with Gasteiger partial charge in [-0.3, -0.25) is 0 Å². The molecule has 5 atom stereocenters. The van der Waals surface area contributed by atoms with Crippen molar-refractivity contribution in [2.75, 3.05) is 14.7 Å². The molecule has 0 bridgehead atoms. The standard InChI is InChI=1S/C49H52BN3/c1-31-18-21-36(22-19-31)51-43-23-20-32(2)27-39(43)50-40-28-33(3)26-38-47(40)53(49(7)25-13-12-24-48(38,49)6)45-30-37(29-44(51)46(45)50)52(41-16-10-8-14-34(41)4)42-17-11-9-15-35(42)5/h8-11,14-23,27-30,34,38,41H,12-13,24-26H2,1-7H3. The Morgan fingerprint density at radius 3 is 2.30 bits per heavy atom. The molecule has 1 saturated heterocycles. The first-order valence-corrected chi connectivity index (χ1v) is 20.2. The minimum absolute atomic E-state index is 0.0299. The van der Waals surface area contributed by atoms with Crippen LogP contribution in [0.5, 0.6) is 0 Å². The molecule has 0 spiro atoms. The van der Waals surface area contributed by atoms with E-state index < -0.39 is 0 Å². The van der Waals surface area contributed by atoms with Gasteiger partial charge in [0.25, 0.3) is 6.71 Å². The van der Waals surface area contributed by atoms with Crippen LogP contribution in [0, 0.1) is 38.0 Å². The van der Waals surface area contributed by atoms with Crippen molar-refractivity contribution in [2.24, 2.45) is 17.3 Å². The summed E-state index contributed by atoms with van der Waals surface area (Å²) < 4.78 is 0. The van der Waals surface area contributed by atoms with E-state index in [9.17, 15) is 0 Å². The second-order valence-corrected chi connectivity index (χ2v) is 17.7. The molecule has 3 aliphatic carbocycles. The number of para-hydroxylation sites is 1. The summed E-state index contributed by atoms with van der Waals surface area (Å²) in [6, 6.07) is 30.8. The third-order valence-corrected chi connectivity index (χ3v) is 14.5. The van der Waals surface area contributed by atoms with E-state index in [1.54, 1.807) is 16.7 Å². The Balaban J connectivity index is 1.34. The van der Waals surface area contributed by atoms with Gasteiger partial charge in [0.05, 0.1) is 6.04 Å². The lowest BCUT2D eigenvalue weighted by Crippen LogP contribution is -2.60. The highest BCUT2D eigenvalue weighted by Gasteiger charge is 2.65. The average molecular weight is 694 g/mol. The summed E-state index contributed by atoms with van der Waals surface area (Å²) in [6.45, 7) is 17.0. The normalized spacial score (nSPS) is 27.6. The van der Waals surface area contributed by atoms with E-state index in [1.165, 1.54) is 87.4 Å². The minimum atomic E-state index is 0.0299. The van der Waals surface area contributed by atoms with Crippen molar-refractivity contribution < 1.29 is 0 Å². The molecule has 4 aromatic carbocycles. The van der Waals surface area contributed by atoms with E-state index in [0.717, 1.165) is 6.42 Å².